The second-order valence-corrected chi connectivity index (χ2v) is 4.54. The van der Waals surface area contributed by atoms with Gasteiger partial charge in [0.1, 0.15) is 0 Å². The average Bonchev–Trinajstić information content (AvgIpc) is 2.29. The van der Waals surface area contributed by atoms with Crippen LogP contribution in [-0.4, -0.2) is 13.0 Å². The molecule has 1 aromatic rings. The van der Waals surface area contributed by atoms with Crippen molar-refractivity contribution in [3.63, 3.8) is 0 Å². The third-order valence-corrected chi connectivity index (χ3v) is 2.76. The fraction of sp³-hybridized carbons (Fsp3) is 0.143. The summed E-state index contributed by atoms with van der Waals surface area (Å²) in [5.74, 6) is 0. The first-order chi connectivity index (χ1) is 5.49. The molecule has 1 rings (SSSR count). The predicted octanol–water partition coefficient (Wildman–Crippen LogP) is 1.92. The minimum absolute atomic E-state index is 0.784. The van der Waals surface area contributed by atoms with Crippen molar-refractivity contribution in [3.05, 3.63) is 27.3 Å². The Morgan fingerprint density at radius 3 is 2.67 bits per heavy atom. The highest BCUT2D eigenvalue weighted by atomic mass is 32.2. The molecule has 0 spiro atoms. The average molecular weight is 204 g/mol. The van der Waals surface area contributed by atoms with Crippen LogP contribution in [0.4, 0.5) is 0 Å². The highest BCUT2D eigenvalue weighted by Crippen LogP contribution is 2.17. The van der Waals surface area contributed by atoms with E-state index in [0.29, 0.717) is 0 Å². The summed E-state index contributed by atoms with van der Waals surface area (Å²) in [7, 11) is -3.99. The second kappa shape index (κ2) is 3.38. The van der Waals surface area contributed by atoms with Gasteiger partial charge in [0.05, 0.1) is 5.41 Å². The molecule has 1 aromatic heterocycles. The van der Waals surface area contributed by atoms with Gasteiger partial charge in [-0.15, -0.1) is 11.3 Å². The number of hydrogen-bond donors (Lipinski definition) is 1. The van der Waals surface area contributed by atoms with Crippen LogP contribution in [0.25, 0.3) is 6.08 Å². The van der Waals surface area contributed by atoms with Gasteiger partial charge in [0, 0.05) is 4.88 Å². The maximum absolute atomic E-state index is 10.3. The van der Waals surface area contributed by atoms with E-state index in [2.05, 4.69) is 0 Å². The molecule has 0 aliphatic heterocycles. The van der Waals surface area contributed by atoms with Crippen molar-refractivity contribution in [1.82, 2.24) is 0 Å². The zero-order valence-electron chi connectivity index (χ0n) is 6.39. The van der Waals surface area contributed by atoms with Crippen molar-refractivity contribution in [2.24, 2.45) is 0 Å². The zero-order valence-corrected chi connectivity index (χ0v) is 8.02. The molecule has 0 bridgehead atoms. The number of hydrogen-bond acceptors (Lipinski definition) is 3. The summed E-state index contributed by atoms with van der Waals surface area (Å²) in [6.07, 6.45) is 1.38. The molecule has 0 saturated carbocycles. The first kappa shape index (κ1) is 9.44. The van der Waals surface area contributed by atoms with Crippen LogP contribution in [0.15, 0.2) is 16.9 Å². The van der Waals surface area contributed by atoms with Crippen molar-refractivity contribution >= 4 is 27.5 Å². The molecule has 0 aromatic carbocycles. The molecule has 3 nitrogen and oxygen atoms in total. The summed E-state index contributed by atoms with van der Waals surface area (Å²) < 4.78 is 29.0. The Kier molecular flexibility index (Phi) is 2.66. The smallest absolute Gasteiger partial charge is 0.282 e. The lowest BCUT2D eigenvalue weighted by atomic mass is 10.3. The van der Waals surface area contributed by atoms with Gasteiger partial charge in [0.15, 0.2) is 0 Å². The van der Waals surface area contributed by atoms with Crippen LogP contribution in [0.2, 0.25) is 0 Å². The minimum Gasteiger partial charge on any atom is -0.282 e. The molecule has 0 aliphatic carbocycles. The van der Waals surface area contributed by atoms with E-state index in [1.54, 1.807) is 0 Å². The van der Waals surface area contributed by atoms with Crippen molar-refractivity contribution in [3.8, 4) is 0 Å². The van der Waals surface area contributed by atoms with E-state index in [1.807, 2.05) is 18.4 Å². The Labute approximate surface area is 75.1 Å². The molecule has 12 heavy (non-hydrogen) atoms. The molecule has 1 heterocycles. The minimum atomic E-state index is -3.99. The van der Waals surface area contributed by atoms with Crippen molar-refractivity contribution in [2.75, 3.05) is 0 Å². The van der Waals surface area contributed by atoms with Crippen molar-refractivity contribution < 1.29 is 13.0 Å². The summed E-state index contributed by atoms with van der Waals surface area (Å²) in [5, 5.41) is 2.64. The molecule has 0 fully saturated rings. The summed E-state index contributed by atoms with van der Waals surface area (Å²) in [4.78, 5) is 0.840. The molecule has 0 aliphatic rings. The molecule has 5 heteroatoms. The van der Waals surface area contributed by atoms with Gasteiger partial charge in [-0.25, -0.2) is 0 Å². The van der Waals surface area contributed by atoms with Gasteiger partial charge in [-0.05, 0) is 30.0 Å². The Morgan fingerprint density at radius 2 is 2.25 bits per heavy atom. The third kappa shape index (κ3) is 2.77. The Hall–Kier alpha value is -0.650. The molecule has 0 saturated heterocycles. The lowest BCUT2D eigenvalue weighted by Crippen LogP contribution is -1.88. The Bertz CT molecular complexity index is 387. The molecular formula is C7H8O3S2. The lowest BCUT2D eigenvalue weighted by Gasteiger charge is -1.87. The predicted molar refractivity (Wildman–Crippen MR) is 49.6 cm³/mol. The van der Waals surface area contributed by atoms with Crippen LogP contribution in [0.1, 0.15) is 10.4 Å². The van der Waals surface area contributed by atoms with Gasteiger partial charge < -0.3 is 0 Å². The zero-order chi connectivity index (χ0) is 9.19. The van der Waals surface area contributed by atoms with Crippen LogP contribution in [0.3, 0.4) is 0 Å². The summed E-state index contributed by atoms with van der Waals surface area (Å²) in [5.41, 5.74) is 1.000. The van der Waals surface area contributed by atoms with E-state index >= 15 is 0 Å². The molecule has 0 atom stereocenters. The fourth-order valence-corrected chi connectivity index (χ4v) is 1.92. The number of thiophene rings is 1. The van der Waals surface area contributed by atoms with Gasteiger partial charge >= 0.3 is 0 Å². The van der Waals surface area contributed by atoms with E-state index < -0.39 is 10.1 Å². The van der Waals surface area contributed by atoms with Gasteiger partial charge in [-0.2, -0.15) is 8.42 Å². The van der Waals surface area contributed by atoms with E-state index in [4.69, 9.17) is 4.55 Å². The summed E-state index contributed by atoms with van der Waals surface area (Å²) in [6.45, 7) is 1.88. The largest absolute Gasteiger partial charge is 0.287 e. The van der Waals surface area contributed by atoms with E-state index in [0.717, 1.165) is 15.8 Å². The standard InChI is InChI=1S/C7H8O3S2/c1-6-2-4-11-7(6)3-5-12(8,9)10/h2-5H,1H3,(H,8,9,10)/b5-3+. The molecular weight excluding hydrogens is 196 g/mol. The fourth-order valence-electron chi connectivity index (χ4n) is 0.703. The SMILES string of the molecule is Cc1ccsc1/C=C/S(=O)(=O)O. The van der Waals surface area contributed by atoms with Crippen molar-refractivity contribution in [1.29, 1.82) is 0 Å². The van der Waals surface area contributed by atoms with Crippen LogP contribution < -0.4 is 0 Å². The monoisotopic (exact) mass is 204 g/mol. The van der Waals surface area contributed by atoms with Crippen LogP contribution in [-0.2, 0) is 10.1 Å². The van der Waals surface area contributed by atoms with E-state index in [-0.39, 0.29) is 0 Å². The Morgan fingerprint density at radius 1 is 1.58 bits per heavy atom. The third-order valence-electron chi connectivity index (χ3n) is 1.29. The topological polar surface area (TPSA) is 54.4 Å². The molecule has 1 N–H and O–H groups in total. The maximum atomic E-state index is 10.3. The van der Waals surface area contributed by atoms with Crippen molar-refractivity contribution in [2.45, 2.75) is 6.92 Å². The number of aryl methyl sites for hydroxylation is 1. The number of rotatable bonds is 2. The van der Waals surface area contributed by atoms with Crippen LogP contribution >= 0.6 is 11.3 Å². The highest BCUT2D eigenvalue weighted by molar-refractivity contribution is 7.88. The molecule has 66 valence electrons. The first-order valence-electron chi connectivity index (χ1n) is 3.19. The Balaban J connectivity index is 2.91. The molecule has 0 amide bonds. The van der Waals surface area contributed by atoms with Gasteiger partial charge in [-0.1, -0.05) is 0 Å². The van der Waals surface area contributed by atoms with Gasteiger partial charge in [0.2, 0.25) is 0 Å². The summed E-state index contributed by atoms with van der Waals surface area (Å²) in [6, 6.07) is 1.88. The summed E-state index contributed by atoms with van der Waals surface area (Å²) >= 11 is 1.43. The first-order valence-corrected chi connectivity index (χ1v) is 5.57. The van der Waals surface area contributed by atoms with Gasteiger partial charge in [0.25, 0.3) is 10.1 Å². The normalized spacial score (nSPS) is 12.5. The van der Waals surface area contributed by atoms with Gasteiger partial charge in [-0.3, -0.25) is 4.55 Å². The lowest BCUT2D eigenvalue weighted by molar-refractivity contribution is 0.494. The van der Waals surface area contributed by atoms with Crippen LogP contribution in [0.5, 0.6) is 0 Å². The van der Waals surface area contributed by atoms with E-state index in [9.17, 15) is 8.42 Å². The van der Waals surface area contributed by atoms with Crippen LogP contribution in [0, 0.1) is 6.92 Å². The quantitative estimate of drug-likeness (QED) is 0.749. The highest BCUT2D eigenvalue weighted by Gasteiger charge is 1.98. The molecule has 0 radical (unpaired) electrons. The second-order valence-electron chi connectivity index (χ2n) is 2.29. The molecule has 0 unspecified atom stereocenters. The van der Waals surface area contributed by atoms with E-state index in [1.165, 1.54) is 17.4 Å². The maximum Gasteiger partial charge on any atom is 0.287 e.